The highest BCUT2D eigenvalue weighted by Crippen LogP contribution is 2.30. The second-order valence-electron chi connectivity index (χ2n) is 7.36. The summed E-state index contributed by atoms with van der Waals surface area (Å²) in [5.41, 5.74) is 1.88. The Balaban J connectivity index is 1.49. The molecule has 1 aromatic carbocycles. The Bertz CT molecular complexity index is 795. The van der Waals surface area contributed by atoms with Crippen molar-refractivity contribution in [2.75, 3.05) is 31.1 Å². The maximum atomic E-state index is 12.4. The Hall–Kier alpha value is -2.08. The highest BCUT2D eigenvalue weighted by molar-refractivity contribution is 6.31. The molecule has 2 saturated heterocycles. The van der Waals surface area contributed by atoms with Crippen LogP contribution in [0.5, 0.6) is 0 Å². The lowest BCUT2D eigenvalue weighted by Crippen LogP contribution is -2.36. The molecule has 3 heterocycles. The van der Waals surface area contributed by atoms with Crippen LogP contribution >= 0.6 is 11.6 Å². The first-order valence-electron chi connectivity index (χ1n) is 9.85. The molecule has 0 saturated carbocycles. The van der Waals surface area contributed by atoms with E-state index in [-0.39, 0.29) is 12.3 Å². The highest BCUT2D eigenvalue weighted by Gasteiger charge is 2.20. The smallest absolute Gasteiger partial charge is 0.247 e. The molecule has 2 fully saturated rings. The number of benzene rings is 1. The summed E-state index contributed by atoms with van der Waals surface area (Å²) in [5, 5.41) is 8.88. The maximum Gasteiger partial charge on any atom is 0.247 e. The van der Waals surface area contributed by atoms with Gasteiger partial charge in [0.1, 0.15) is 6.42 Å². The van der Waals surface area contributed by atoms with Gasteiger partial charge in [-0.1, -0.05) is 11.6 Å². The van der Waals surface area contributed by atoms with Gasteiger partial charge in [0.15, 0.2) is 0 Å². The summed E-state index contributed by atoms with van der Waals surface area (Å²) in [7, 11) is 0. The first kappa shape index (κ1) is 18.3. The van der Waals surface area contributed by atoms with Gasteiger partial charge in [0.05, 0.1) is 0 Å². The summed E-state index contributed by atoms with van der Waals surface area (Å²) in [6.07, 6.45) is 7.18. The monoisotopic (exact) mass is 388 g/mol. The van der Waals surface area contributed by atoms with Crippen LogP contribution in [0, 0.1) is 0 Å². The van der Waals surface area contributed by atoms with Crippen molar-refractivity contribution in [2.24, 2.45) is 0 Å². The molecule has 2 aromatic rings. The third-order valence-corrected chi connectivity index (χ3v) is 5.55. The minimum atomic E-state index is 0.0602. The fourth-order valence-corrected chi connectivity index (χ4v) is 4.09. The molecule has 6 nitrogen and oxygen atoms in total. The van der Waals surface area contributed by atoms with Crippen LogP contribution in [-0.2, 0) is 11.2 Å². The van der Waals surface area contributed by atoms with E-state index in [1.807, 2.05) is 23.1 Å². The number of anilines is 1. The first-order valence-corrected chi connectivity index (χ1v) is 10.2. The molecule has 4 rings (SSSR count). The Morgan fingerprint density at radius 1 is 0.963 bits per heavy atom. The second-order valence-corrected chi connectivity index (χ2v) is 7.80. The first-order chi connectivity index (χ1) is 13.2. The van der Waals surface area contributed by atoms with Crippen molar-refractivity contribution in [3.05, 3.63) is 29.1 Å². The van der Waals surface area contributed by atoms with Gasteiger partial charge in [-0.2, -0.15) is 0 Å². The predicted molar refractivity (Wildman–Crippen MR) is 105 cm³/mol. The van der Waals surface area contributed by atoms with E-state index in [2.05, 4.69) is 15.1 Å². The predicted octanol–water partition coefficient (Wildman–Crippen LogP) is 3.94. The summed E-state index contributed by atoms with van der Waals surface area (Å²) < 4.78 is 5.78. The number of nitrogens with zero attached hydrogens (tertiary/aromatic N) is 4. The lowest BCUT2D eigenvalue weighted by molar-refractivity contribution is -0.131. The number of rotatable bonds is 4. The fourth-order valence-electron chi connectivity index (χ4n) is 3.86. The minimum Gasteiger partial charge on any atom is -0.420 e. The van der Waals surface area contributed by atoms with Gasteiger partial charge in [0.2, 0.25) is 17.7 Å². The standard InChI is InChI=1S/C20H25ClN4O2/c21-16-11-15(12-17(13-16)24-7-3-1-4-8-24)20-23-22-18(27-20)14-19(26)25-9-5-2-6-10-25/h11-13H,1-10,14H2. The Morgan fingerprint density at radius 3 is 2.41 bits per heavy atom. The van der Waals surface area contributed by atoms with Crippen LogP contribution in [0.2, 0.25) is 5.02 Å². The molecule has 7 heteroatoms. The van der Waals surface area contributed by atoms with Crippen molar-refractivity contribution in [2.45, 2.75) is 44.9 Å². The topological polar surface area (TPSA) is 62.5 Å². The number of aromatic nitrogens is 2. The zero-order valence-corrected chi connectivity index (χ0v) is 16.2. The second kappa shape index (κ2) is 8.30. The largest absolute Gasteiger partial charge is 0.420 e. The van der Waals surface area contributed by atoms with Crippen molar-refractivity contribution in [3.63, 3.8) is 0 Å². The Morgan fingerprint density at radius 2 is 1.67 bits per heavy atom. The van der Waals surface area contributed by atoms with E-state index in [1.54, 1.807) is 0 Å². The molecule has 0 unspecified atom stereocenters. The van der Waals surface area contributed by atoms with Crippen molar-refractivity contribution in [1.29, 1.82) is 0 Å². The molecule has 1 amide bonds. The summed E-state index contributed by atoms with van der Waals surface area (Å²) in [5.74, 6) is 0.835. The molecular formula is C20H25ClN4O2. The molecule has 0 aliphatic carbocycles. The molecule has 0 spiro atoms. The maximum absolute atomic E-state index is 12.4. The van der Waals surface area contributed by atoms with Gasteiger partial charge in [-0.25, -0.2) is 0 Å². The van der Waals surface area contributed by atoms with Crippen molar-refractivity contribution in [1.82, 2.24) is 15.1 Å². The average molecular weight is 389 g/mol. The third kappa shape index (κ3) is 4.43. The van der Waals surface area contributed by atoms with Gasteiger partial charge in [-0.05, 0) is 56.7 Å². The zero-order valence-electron chi connectivity index (χ0n) is 15.5. The van der Waals surface area contributed by atoms with Crippen LogP contribution in [0.3, 0.4) is 0 Å². The summed E-state index contributed by atoms with van der Waals surface area (Å²) >= 11 is 6.33. The average Bonchev–Trinajstić information content (AvgIpc) is 3.17. The number of piperidine rings is 2. The van der Waals surface area contributed by atoms with E-state index in [4.69, 9.17) is 16.0 Å². The number of halogens is 1. The number of carbonyl (C=O) groups excluding carboxylic acids is 1. The molecule has 2 aliphatic rings. The lowest BCUT2D eigenvalue weighted by Gasteiger charge is -2.29. The SMILES string of the molecule is O=C(Cc1nnc(-c2cc(Cl)cc(N3CCCCC3)c2)o1)N1CCCCC1. The normalized spacial score (nSPS) is 18.0. The Kier molecular flexibility index (Phi) is 5.62. The van der Waals surface area contributed by atoms with Gasteiger partial charge < -0.3 is 14.2 Å². The van der Waals surface area contributed by atoms with Crippen molar-refractivity contribution < 1.29 is 9.21 Å². The highest BCUT2D eigenvalue weighted by atomic mass is 35.5. The van der Waals surface area contributed by atoms with Gasteiger partial charge in [0.25, 0.3) is 0 Å². The number of amides is 1. The molecule has 2 aliphatic heterocycles. The van der Waals surface area contributed by atoms with E-state index in [0.29, 0.717) is 16.8 Å². The Labute approximate surface area is 164 Å². The summed E-state index contributed by atoms with van der Waals surface area (Å²) in [4.78, 5) is 16.6. The number of hydrogen-bond donors (Lipinski definition) is 0. The fraction of sp³-hybridized carbons (Fsp3) is 0.550. The molecule has 0 atom stereocenters. The van der Waals surface area contributed by atoms with Crippen molar-refractivity contribution in [3.8, 4) is 11.5 Å². The van der Waals surface area contributed by atoms with Crippen LogP contribution in [0.1, 0.15) is 44.4 Å². The van der Waals surface area contributed by atoms with Gasteiger partial charge in [-0.15, -0.1) is 10.2 Å². The molecule has 0 N–H and O–H groups in total. The van der Waals surface area contributed by atoms with Crippen molar-refractivity contribution >= 4 is 23.2 Å². The van der Waals surface area contributed by atoms with Gasteiger partial charge >= 0.3 is 0 Å². The minimum absolute atomic E-state index is 0.0602. The lowest BCUT2D eigenvalue weighted by atomic mass is 10.1. The van der Waals surface area contributed by atoms with Gasteiger partial charge in [0, 0.05) is 42.5 Å². The van der Waals surface area contributed by atoms with E-state index in [1.165, 1.54) is 25.7 Å². The van der Waals surface area contributed by atoms with E-state index in [9.17, 15) is 4.79 Å². The van der Waals surface area contributed by atoms with Gasteiger partial charge in [-0.3, -0.25) is 4.79 Å². The molecule has 1 aromatic heterocycles. The zero-order chi connectivity index (χ0) is 18.6. The van der Waals surface area contributed by atoms with Crippen LogP contribution in [0.15, 0.2) is 22.6 Å². The summed E-state index contributed by atoms with van der Waals surface area (Å²) in [6.45, 7) is 3.74. The van der Waals surface area contributed by atoms with E-state index in [0.717, 1.165) is 50.3 Å². The molecular weight excluding hydrogens is 364 g/mol. The number of carbonyl (C=O) groups is 1. The van der Waals surface area contributed by atoms with E-state index < -0.39 is 0 Å². The number of hydrogen-bond acceptors (Lipinski definition) is 5. The van der Waals surface area contributed by atoms with Crippen LogP contribution in [0.4, 0.5) is 5.69 Å². The van der Waals surface area contributed by atoms with Crippen LogP contribution < -0.4 is 4.90 Å². The summed E-state index contributed by atoms with van der Waals surface area (Å²) in [6, 6.07) is 5.85. The quantitative estimate of drug-likeness (QED) is 0.793. The molecule has 27 heavy (non-hydrogen) atoms. The molecule has 144 valence electrons. The van der Waals surface area contributed by atoms with E-state index >= 15 is 0 Å². The molecule has 0 radical (unpaired) electrons. The third-order valence-electron chi connectivity index (χ3n) is 5.33. The van der Waals surface area contributed by atoms with Crippen LogP contribution in [-0.4, -0.2) is 47.2 Å². The van der Waals surface area contributed by atoms with Crippen LogP contribution in [0.25, 0.3) is 11.5 Å². The molecule has 0 bridgehead atoms. The number of likely N-dealkylation sites (tertiary alicyclic amines) is 1.